The lowest BCUT2D eigenvalue weighted by Gasteiger charge is -2.36. The second-order valence-electron chi connectivity index (χ2n) is 20.3. The minimum Gasteiger partial charge on any atom is -0.461 e. The Bertz CT molecular complexity index is 3250. The molecule has 12 rings (SSSR count). The second-order valence-corrected chi connectivity index (χ2v) is 21.1. The molecule has 0 spiro atoms. The minimum absolute atomic E-state index is 0.0546. The third kappa shape index (κ3) is 13.1. The smallest absolute Gasteiger partial charge is 0.416 e. The number of alkyl halides is 6. The molecule has 424 valence electrons. The number of nitrogens with zero attached hydrogens (tertiary/aromatic N) is 9. The summed E-state index contributed by atoms with van der Waals surface area (Å²) < 4.78 is 112. The van der Waals surface area contributed by atoms with Gasteiger partial charge >= 0.3 is 30.4 Å². The first-order chi connectivity index (χ1) is 37.9. The second kappa shape index (κ2) is 22.5. The van der Waals surface area contributed by atoms with Gasteiger partial charge in [0.15, 0.2) is 23.2 Å². The van der Waals surface area contributed by atoms with E-state index in [0.29, 0.717) is 84.8 Å². The van der Waals surface area contributed by atoms with Gasteiger partial charge in [-0.2, -0.15) is 36.3 Å². The van der Waals surface area contributed by atoms with Crippen LogP contribution in [0, 0.1) is 0 Å². The van der Waals surface area contributed by atoms with Gasteiger partial charge in [-0.1, -0.05) is 47.5 Å². The van der Waals surface area contributed by atoms with Crippen molar-refractivity contribution in [1.82, 2.24) is 29.9 Å². The molecule has 27 heteroatoms. The van der Waals surface area contributed by atoms with Gasteiger partial charge in [0.2, 0.25) is 0 Å². The van der Waals surface area contributed by atoms with Crippen molar-refractivity contribution in [3.05, 3.63) is 106 Å². The number of rotatable bonds is 9. The van der Waals surface area contributed by atoms with Crippen LogP contribution in [0.5, 0.6) is 12.0 Å². The number of amides is 2. The normalized spacial score (nSPS) is 21.1. The molecule has 0 radical (unpaired) electrons. The number of carbonyl (C=O) groups excluding carboxylic acids is 1. The van der Waals surface area contributed by atoms with Crippen LogP contribution in [-0.4, -0.2) is 124 Å². The Morgan fingerprint density at radius 2 is 1.27 bits per heavy atom. The zero-order valence-electron chi connectivity index (χ0n) is 43.4. The van der Waals surface area contributed by atoms with E-state index >= 15 is 0 Å². The number of ether oxygens (including phenoxy) is 6. The Kier molecular flexibility index (Phi) is 15.8. The quantitative estimate of drug-likeness (QED) is 0.115. The first-order valence-corrected chi connectivity index (χ1v) is 26.1. The number of urea groups is 1. The molecular weight excluding hydrogens is 1100 g/mol. The highest BCUT2D eigenvalue weighted by molar-refractivity contribution is 6.34. The van der Waals surface area contributed by atoms with Gasteiger partial charge in [0.05, 0.1) is 63.2 Å². The zero-order chi connectivity index (χ0) is 56.7. The summed E-state index contributed by atoms with van der Waals surface area (Å²) in [5.74, 6) is 0.358. The van der Waals surface area contributed by atoms with Gasteiger partial charge in [0, 0.05) is 55.7 Å². The third-order valence-electron chi connectivity index (χ3n) is 13.5. The molecule has 4 aromatic heterocycles. The highest BCUT2D eigenvalue weighted by Crippen LogP contribution is 2.45. The summed E-state index contributed by atoms with van der Waals surface area (Å²) in [6, 6.07) is 16.4. The molecule has 4 saturated heterocycles. The Morgan fingerprint density at radius 1 is 0.725 bits per heavy atom. The Hall–Kier alpha value is -7.03. The maximum absolute atomic E-state index is 13.6. The number of hydrogen-bond acceptors (Lipinski definition) is 17. The number of nitrogen functional groups attached to an aromatic ring is 1. The van der Waals surface area contributed by atoms with Crippen molar-refractivity contribution in [3.8, 4) is 34.5 Å². The summed E-state index contributed by atoms with van der Waals surface area (Å²) >= 11 is 12.8. The third-order valence-corrected chi connectivity index (χ3v) is 14.0. The molecule has 6 aliphatic heterocycles. The molecule has 10 heterocycles. The van der Waals surface area contributed by atoms with Crippen LogP contribution in [0.1, 0.15) is 51.7 Å². The van der Waals surface area contributed by atoms with Gasteiger partial charge in [-0.15, -0.1) is 0 Å². The van der Waals surface area contributed by atoms with Crippen molar-refractivity contribution in [1.29, 1.82) is 0 Å². The van der Waals surface area contributed by atoms with E-state index in [1.165, 1.54) is 35.4 Å². The van der Waals surface area contributed by atoms with Crippen LogP contribution in [0.2, 0.25) is 10.0 Å². The number of anilines is 6. The molecule has 80 heavy (non-hydrogen) atoms. The lowest BCUT2D eigenvalue weighted by atomic mass is 10.1. The summed E-state index contributed by atoms with van der Waals surface area (Å²) in [6.07, 6.45) is -4.59. The monoisotopic (exact) mass is 1150 g/mol. The van der Waals surface area contributed by atoms with E-state index in [4.69, 9.17) is 57.4 Å². The Balaban J connectivity index is 0.000000154. The predicted molar refractivity (Wildman–Crippen MR) is 285 cm³/mol. The fourth-order valence-corrected chi connectivity index (χ4v) is 10.3. The Labute approximate surface area is 465 Å². The number of pyridine rings is 2. The lowest BCUT2D eigenvalue weighted by Crippen LogP contribution is -2.48. The molecule has 6 aromatic rings. The van der Waals surface area contributed by atoms with Gasteiger partial charge < -0.3 is 49.3 Å². The van der Waals surface area contributed by atoms with Crippen LogP contribution in [0.3, 0.4) is 0 Å². The van der Waals surface area contributed by atoms with Crippen molar-refractivity contribution >= 4 is 63.9 Å². The summed E-state index contributed by atoms with van der Waals surface area (Å²) in [5, 5.41) is 6.66. The summed E-state index contributed by atoms with van der Waals surface area (Å²) in [5.41, 5.74) is 6.59. The van der Waals surface area contributed by atoms with Crippen molar-refractivity contribution < 1.29 is 59.6 Å². The van der Waals surface area contributed by atoms with Crippen LogP contribution in [-0.2, 0) is 31.3 Å². The van der Waals surface area contributed by atoms with Gasteiger partial charge in [-0.05, 0) is 89.1 Å². The fourth-order valence-electron chi connectivity index (χ4n) is 9.79. The van der Waals surface area contributed by atoms with E-state index in [2.05, 4.69) is 50.3 Å². The van der Waals surface area contributed by atoms with E-state index in [0.717, 1.165) is 49.5 Å². The summed E-state index contributed by atoms with van der Waals surface area (Å²) in [4.78, 5) is 44.8. The van der Waals surface area contributed by atoms with E-state index in [1.54, 1.807) is 30.5 Å². The molecule has 4 fully saturated rings. The largest absolute Gasteiger partial charge is 0.461 e. The highest BCUT2D eigenvalue weighted by Gasteiger charge is 2.42. The van der Waals surface area contributed by atoms with E-state index < -0.39 is 41.1 Å². The van der Waals surface area contributed by atoms with Gasteiger partial charge in [0.25, 0.3) is 0 Å². The van der Waals surface area contributed by atoms with E-state index in [9.17, 15) is 31.1 Å². The molecule has 0 aliphatic carbocycles. The van der Waals surface area contributed by atoms with Crippen LogP contribution in [0.4, 0.5) is 65.8 Å². The molecule has 4 N–H and O–H groups in total. The maximum Gasteiger partial charge on any atom is 0.416 e. The fraction of sp³-hybridized carbons (Fsp3) is 0.415. The molecule has 0 unspecified atom stereocenters. The number of benzene rings is 2. The van der Waals surface area contributed by atoms with Crippen molar-refractivity contribution in [2.24, 2.45) is 0 Å². The molecule has 2 amide bonds. The minimum atomic E-state index is -4.53. The number of nitrogens with one attached hydrogen (secondary N) is 2. The van der Waals surface area contributed by atoms with Crippen LogP contribution in [0.25, 0.3) is 22.5 Å². The summed E-state index contributed by atoms with van der Waals surface area (Å²) in [7, 11) is 0. The van der Waals surface area contributed by atoms with Gasteiger partial charge in [-0.3, -0.25) is 10.2 Å². The van der Waals surface area contributed by atoms with E-state index in [-0.39, 0.29) is 59.0 Å². The van der Waals surface area contributed by atoms with Crippen molar-refractivity contribution in [2.75, 3.05) is 83.7 Å². The molecule has 4 bridgehead atoms. The number of halogens is 8. The predicted octanol–water partition coefficient (Wildman–Crippen LogP) is 10.4. The van der Waals surface area contributed by atoms with Crippen LogP contribution in [0.15, 0.2) is 85.2 Å². The number of hydrogen-bond donors (Lipinski definition) is 3. The van der Waals surface area contributed by atoms with Crippen LogP contribution >= 0.6 is 23.2 Å². The molecule has 19 nitrogen and oxygen atoms in total. The summed E-state index contributed by atoms with van der Waals surface area (Å²) in [6.45, 7) is 11.9. The van der Waals surface area contributed by atoms with E-state index in [1.807, 2.05) is 27.7 Å². The van der Waals surface area contributed by atoms with Crippen molar-refractivity contribution in [2.45, 2.75) is 88.8 Å². The SMILES string of the molecule is CC1(C)OC[C@H](COc2nccc(N)n2)O1.CC1(C)OC[C@H](COc2nccc(NC(=O)N3c4nc(-c5cccc(C(F)(F)F)c5)c(Cl)cc4N4CC[C@H]3C4)n2)O1.FC(F)(F)c1cccc(-c2nc3c(cc2Cl)N2CC[C@@H](C2)N3)c1. The number of fused-ring (bicyclic) bond motifs is 8. The maximum atomic E-state index is 13.6. The molecule has 2 aromatic carbocycles. The molecular formula is C53H54Cl2F6N12O7. The first-order valence-electron chi connectivity index (χ1n) is 25.4. The average molecular weight is 1160 g/mol. The molecule has 6 aliphatic rings. The van der Waals surface area contributed by atoms with Gasteiger partial charge in [-0.25, -0.2) is 24.7 Å². The number of aromatic nitrogens is 6. The van der Waals surface area contributed by atoms with Crippen LogP contribution < -0.4 is 40.5 Å². The number of nitrogens with two attached hydrogens (primary N) is 1. The number of carbonyl (C=O) groups is 1. The highest BCUT2D eigenvalue weighted by atomic mass is 35.5. The molecule has 0 saturated carbocycles. The first kappa shape index (κ1) is 56.3. The standard InChI is InChI=1S/C27H26ClF3N6O4.C16H13ClF3N3.C10H15N3O3/c1-26(2)40-14-18(41-26)13-39-24-32-8-6-21(33-24)34-25(38)37-17-7-9-36(12-17)20-11-19(28)22(35-23(20)37)15-4-3-5-16(10-15)27(29,30)31;17-12-7-13-15(21-11-4-5-23(13)8-11)22-14(12)9-2-1-3-10(6-9)16(18,19)20;1-10(2)15-6-7(16-10)5-14-9-12-4-3-8(11)13-9/h3-6,8,10-11,17-18H,7,9,12-14H2,1-2H3,(H,32,33,34,38);1-3,6-7,11H,4-5,8H2,(H,21,22);3-4,7H,5-6H2,1-2H3,(H2,11,12,13)/t17-,18-;11-;7-/m000/s1. The zero-order valence-corrected chi connectivity index (χ0v) is 45.0. The average Bonchev–Trinajstić information content (AvgIpc) is 4.25. The van der Waals surface area contributed by atoms with Gasteiger partial charge in [0.1, 0.15) is 37.1 Å². The van der Waals surface area contributed by atoms with Crippen molar-refractivity contribution in [3.63, 3.8) is 0 Å². The topological polar surface area (TPSA) is 210 Å². The lowest BCUT2D eigenvalue weighted by molar-refractivity contribution is -0.142. The Morgan fingerprint density at radius 3 is 1.85 bits per heavy atom. The molecule has 4 atom stereocenters.